The predicted molar refractivity (Wildman–Crippen MR) is 122 cm³/mol. The second kappa shape index (κ2) is 9.03. The average molecular weight is 490 g/mol. The first-order valence-corrected chi connectivity index (χ1v) is 11.7. The number of aliphatic hydroxyl groups is 1. The number of imidazole rings is 1. The number of nitrogens with two attached hydrogens (primary N) is 1. The number of para-hydroxylation sites is 1. The fraction of sp³-hybridized carbons (Fsp3) is 0.300. The van der Waals surface area contributed by atoms with E-state index >= 15 is 0 Å². The van der Waals surface area contributed by atoms with Crippen molar-refractivity contribution in [3.8, 4) is 5.75 Å². The molecule has 0 saturated heterocycles. The van der Waals surface area contributed by atoms with Gasteiger partial charge in [0.25, 0.3) is 5.56 Å². The lowest BCUT2D eigenvalue weighted by atomic mass is 10.1. The van der Waals surface area contributed by atoms with Gasteiger partial charge in [-0.25, -0.2) is 9.55 Å². The Labute approximate surface area is 192 Å². The standard InChI is InChI=1S/C20H23N6O7P/c1-12(18(29)30)25-34(31,33-14-5-3-2-4-6-14)32-10-20(9-27)7-13(20)8-26-11-22-15-16(26)23-19(21)24-17(15)28/h2-6,8,11-12,27H,7,9-10H2,1H3,(H,25,31)(H,29,30)(H3,21,23,24,28)/b13-8-/t12-,20-,34-/m0/s1. The van der Waals surface area contributed by atoms with Crippen LogP contribution in [0.5, 0.6) is 5.75 Å². The van der Waals surface area contributed by atoms with Crippen LogP contribution in [0.2, 0.25) is 0 Å². The number of H-pyrrole nitrogens is 1. The van der Waals surface area contributed by atoms with Crippen LogP contribution in [0.1, 0.15) is 13.3 Å². The van der Waals surface area contributed by atoms with Gasteiger partial charge in [0.2, 0.25) is 5.95 Å². The third kappa shape index (κ3) is 4.87. The molecule has 13 nitrogen and oxygen atoms in total. The number of anilines is 1. The number of carbonyl (C=O) groups is 1. The van der Waals surface area contributed by atoms with Crippen LogP contribution < -0.4 is 20.9 Å². The molecule has 0 unspecified atom stereocenters. The summed E-state index contributed by atoms with van der Waals surface area (Å²) in [6.07, 6.45) is 3.42. The molecule has 1 fully saturated rings. The van der Waals surface area contributed by atoms with E-state index in [1.165, 1.54) is 17.8 Å². The largest absolute Gasteiger partial charge is 0.480 e. The molecule has 14 heteroatoms. The van der Waals surface area contributed by atoms with Crippen LogP contribution in [0, 0.1) is 5.41 Å². The van der Waals surface area contributed by atoms with Crippen molar-refractivity contribution in [3.05, 3.63) is 52.6 Å². The third-order valence-corrected chi connectivity index (χ3v) is 6.96. The van der Waals surface area contributed by atoms with E-state index in [2.05, 4.69) is 20.0 Å². The second-order valence-corrected chi connectivity index (χ2v) is 9.60. The van der Waals surface area contributed by atoms with Gasteiger partial charge in [-0.3, -0.25) is 23.7 Å². The first kappa shape index (κ1) is 23.6. The van der Waals surface area contributed by atoms with Crippen LogP contribution in [0.15, 0.2) is 47.0 Å². The van der Waals surface area contributed by atoms with E-state index in [1.54, 1.807) is 36.5 Å². The van der Waals surface area contributed by atoms with Crippen molar-refractivity contribution in [1.82, 2.24) is 24.6 Å². The molecule has 3 atom stereocenters. The van der Waals surface area contributed by atoms with Crippen LogP contribution in [0.25, 0.3) is 17.4 Å². The summed E-state index contributed by atoms with van der Waals surface area (Å²) in [5.41, 5.74) is 5.31. The molecular formula is C20H23N6O7P. The van der Waals surface area contributed by atoms with Gasteiger partial charge in [0.15, 0.2) is 11.2 Å². The van der Waals surface area contributed by atoms with Crippen LogP contribution >= 0.6 is 7.75 Å². The molecule has 0 bridgehead atoms. The number of aromatic nitrogens is 4. The molecule has 0 aliphatic heterocycles. The molecule has 34 heavy (non-hydrogen) atoms. The molecule has 2 heterocycles. The minimum atomic E-state index is -4.13. The lowest BCUT2D eigenvalue weighted by Gasteiger charge is -2.23. The van der Waals surface area contributed by atoms with E-state index in [1.807, 2.05) is 0 Å². The van der Waals surface area contributed by atoms with Crippen molar-refractivity contribution in [2.24, 2.45) is 5.41 Å². The Bertz CT molecular complexity index is 1350. The highest BCUT2D eigenvalue weighted by Crippen LogP contribution is 2.56. The molecule has 0 amide bonds. The molecule has 2 aromatic heterocycles. The van der Waals surface area contributed by atoms with Crippen LogP contribution in [0.3, 0.4) is 0 Å². The quantitative estimate of drug-likeness (QED) is 0.256. The van der Waals surface area contributed by atoms with Crippen LogP contribution in [-0.4, -0.2) is 55.0 Å². The van der Waals surface area contributed by atoms with Crippen molar-refractivity contribution in [3.63, 3.8) is 0 Å². The molecule has 6 N–H and O–H groups in total. The molecule has 1 aromatic carbocycles. The number of carboxylic acid groups (broad SMARTS) is 1. The van der Waals surface area contributed by atoms with Crippen LogP contribution in [-0.2, 0) is 13.9 Å². The monoisotopic (exact) mass is 490 g/mol. The second-order valence-electron chi connectivity index (χ2n) is 7.91. The maximum absolute atomic E-state index is 13.4. The number of nitrogen functional groups attached to an aromatic ring is 1. The fourth-order valence-electron chi connectivity index (χ4n) is 3.27. The summed E-state index contributed by atoms with van der Waals surface area (Å²) < 4.78 is 25.9. The lowest BCUT2D eigenvalue weighted by molar-refractivity contribution is -0.138. The van der Waals surface area contributed by atoms with Crippen molar-refractivity contribution in [1.29, 1.82) is 0 Å². The maximum Gasteiger partial charge on any atom is 0.459 e. The number of aromatic amines is 1. The van der Waals surface area contributed by atoms with E-state index in [4.69, 9.17) is 14.8 Å². The highest BCUT2D eigenvalue weighted by atomic mass is 31.2. The normalized spacial score (nSPS) is 21.3. The fourth-order valence-corrected chi connectivity index (χ4v) is 4.85. The van der Waals surface area contributed by atoms with Gasteiger partial charge in [-0.05, 0) is 31.1 Å². The minimum Gasteiger partial charge on any atom is -0.480 e. The molecule has 1 aliphatic rings. The Hall–Kier alpha value is -3.51. The van der Waals surface area contributed by atoms with Crippen molar-refractivity contribution in [2.45, 2.75) is 19.4 Å². The van der Waals surface area contributed by atoms with E-state index in [0.717, 1.165) is 0 Å². The number of hydrogen-bond donors (Lipinski definition) is 5. The van der Waals surface area contributed by atoms with E-state index in [0.29, 0.717) is 12.0 Å². The highest BCUT2D eigenvalue weighted by molar-refractivity contribution is 7.52. The Morgan fingerprint density at radius 1 is 1.44 bits per heavy atom. The number of benzene rings is 1. The SMILES string of the molecule is C[C@H](N[P@](=O)(OC[C@@]1(CO)C/C1=C/n1cnc2c(=O)[nH]c(N)nc21)Oc1ccccc1)C(=O)O. The number of fused-ring (bicyclic) bond motifs is 1. The Morgan fingerprint density at radius 3 is 2.85 bits per heavy atom. The molecule has 1 aliphatic carbocycles. The number of nitrogens with one attached hydrogen (secondary N) is 2. The number of hydrogen-bond acceptors (Lipinski definition) is 9. The molecule has 1 saturated carbocycles. The average Bonchev–Trinajstić information content (AvgIpc) is 3.34. The zero-order chi connectivity index (χ0) is 24.5. The van der Waals surface area contributed by atoms with Gasteiger partial charge in [-0.15, -0.1) is 0 Å². The third-order valence-electron chi connectivity index (χ3n) is 5.34. The summed E-state index contributed by atoms with van der Waals surface area (Å²) in [4.78, 5) is 33.7. The van der Waals surface area contributed by atoms with Gasteiger partial charge in [0.1, 0.15) is 18.1 Å². The van der Waals surface area contributed by atoms with Gasteiger partial charge >= 0.3 is 13.7 Å². The van der Waals surface area contributed by atoms with Crippen molar-refractivity contribution >= 4 is 37.0 Å². The maximum atomic E-state index is 13.4. The van der Waals surface area contributed by atoms with E-state index in [9.17, 15) is 24.4 Å². The lowest BCUT2D eigenvalue weighted by Crippen LogP contribution is -2.34. The van der Waals surface area contributed by atoms with Crippen LogP contribution in [0.4, 0.5) is 5.95 Å². The Kier molecular flexibility index (Phi) is 6.28. The van der Waals surface area contributed by atoms with E-state index < -0.39 is 30.7 Å². The summed E-state index contributed by atoms with van der Waals surface area (Å²) in [6.45, 7) is 0.754. The predicted octanol–water partition coefficient (Wildman–Crippen LogP) is 1.19. The minimum absolute atomic E-state index is 0.0668. The molecule has 0 radical (unpaired) electrons. The van der Waals surface area contributed by atoms with Crippen molar-refractivity contribution in [2.75, 3.05) is 18.9 Å². The number of nitrogens with zero attached hydrogens (tertiary/aromatic N) is 3. The topological polar surface area (TPSA) is 195 Å². The molecule has 180 valence electrons. The first-order valence-electron chi connectivity index (χ1n) is 10.2. The summed E-state index contributed by atoms with van der Waals surface area (Å²) in [5.74, 6) is -1.08. The smallest absolute Gasteiger partial charge is 0.459 e. The molecule has 3 aromatic rings. The number of aliphatic hydroxyl groups excluding tert-OH is 1. The summed E-state index contributed by atoms with van der Waals surface area (Å²) >= 11 is 0. The number of aliphatic carboxylic acids is 1. The zero-order valence-electron chi connectivity index (χ0n) is 18.0. The molecule has 4 rings (SSSR count). The van der Waals surface area contributed by atoms with Gasteiger partial charge in [0, 0.05) is 11.6 Å². The highest BCUT2D eigenvalue weighted by Gasteiger charge is 2.51. The Balaban J connectivity index is 1.55. The number of rotatable bonds is 10. The van der Waals surface area contributed by atoms with Gasteiger partial charge < -0.3 is 20.5 Å². The van der Waals surface area contributed by atoms with Gasteiger partial charge in [-0.1, -0.05) is 18.2 Å². The molecular weight excluding hydrogens is 467 g/mol. The van der Waals surface area contributed by atoms with E-state index in [-0.39, 0.29) is 36.1 Å². The van der Waals surface area contributed by atoms with Crippen molar-refractivity contribution < 1.29 is 28.6 Å². The first-order chi connectivity index (χ1) is 16.1. The summed E-state index contributed by atoms with van der Waals surface area (Å²) in [6, 6.07) is 6.96. The van der Waals surface area contributed by atoms with Gasteiger partial charge in [0.05, 0.1) is 13.2 Å². The summed E-state index contributed by atoms with van der Waals surface area (Å²) in [7, 11) is -4.13. The van der Waals surface area contributed by atoms with Gasteiger partial charge in [-0.2, -0.15) is 10.1 Å². The number of carboxylic acids is 1. The molecule has 0 spiro atoms. The Morgan fingerprint density at radius 2 is 2.18 bits per heavy atom. The summed E-state index contributed by atoms with van der Waals surface area (Å²) in [5, 5.41) is 21.6. The zero-order valence-corrected chi connectivity index (χ0v) is 18.9.